The van der Waals surface area contributed by atoms with Crippen LogP contribution >= 0.6 is 11.3 Å². The number of aryl methyl sites for hydroxylation is 1. The molecular weight excluding hydrogens is 368 g/mol. The van der Waals surface area contributed by atoms with E-state index in [1.807, 2.05) is 54.8 Å². The third-order valence-corrected chi connectivity index (χ3v) is 5.15. The highest BCUT2D eigenvalue weighted by atomic mass is 32.1. The van der Waals surface area contributed by atoms with Crippen molar-refractivity contribution in [1.82, 2.24) is 10.3 Å². The Morgan fingerprint density at radius 3 is 2.68 bits per heavy atom. The minimum atomic E-state index is -0.118. The van der Waals surface area contributed by atoms with Crippen LogP contribution in [-0.2, 0) is 11.4 Å². The number of carbonyl (C=O) groups excluding carboxylic acids is 1. The molecule has 0 aliphatic rings. The van der Waals surface area contributed by atoms with Crippen LogP contribution in [0.4, 0.5) is 0 Å². The zero-order valence-electron chi connectivity index (χ0n) is 16.1. The van der Waals surface area contributed by atoms with E-state index in [-0.39, 0.29) is 11.8 Å². The molecule has 3 rings (SSSR count). The Balaban J connectivity index is 1.55. The normalized spacial score (nSPS) is 12.1. The van der Waals surface area contributed by atoms with Crippen LogP contribution in [0.1, 0.15) is 34.7 Å². The monoisotopic (exact) mass is 392 g/mol. The van der Waals surface area contributed by atoms with Crippen molar-refractivity contribution in [3.05, 3.63) is 87.9 Å². The van der Waals surface area contributed by atoms with Crippen molar-refractivity contribution in [3.63, 3.8) is 0 Å². The van der Waals surface area contributed by atoms with Gasteiger partial charge in [0.05, 0.1) is 10.7 Å². The fraction of sp³-hybridized carbons (Fsp3) is 0.217. The van der Waals surface area contributed by atoms with Gasteiger partial charge in [0.2, 0.25) is 5.91 Å². The molecule has 1 heterocycles. The number of ether oxygens (including phenoxy) is 1. The number of nitrogens with zero attached hydrogens (tertiary/aromatic N) is 1. The van der Waals surface area contributed by atoms with Crippen molar-refractivity contribution >= 4 is 23.3 Å². The minimum Gasteiger partial charge on any atom is -0.487 e. The molecule has 1 unspecified atom stereocenters. The zero-order chi connectivity index (χ0) is 19.8. The van der Waals surface area contributed by atoms with Crippen molar-refractivity contribution in [2.24, 2.45) is 0 Å². The van der Waals surface area contributed by atoms with E-state index in [0.29, 0.717) is 13.2 Å². The highest BCUT2D eigenvalue weighted by Crippen LogP contribution is 2.21. The molecule has 1 aromatic heterocycles. The second-order valence-electron chi connectivity index (χ2n) is 6.57. The van der Waals surface area contributed by atoms with E-state index in [9.17, 15) is 4.79 Å². The molecule has 5 heteroatoms. The highest BCUT2D eigenvalue weighted by Gasteiger charge is 2.07. The maximum absolute atomic E-state index is 12.2. The van der Waals surface area contributed by atoms with Gasteiger partial charge in [0, 0.05) is 23.6 Å². The third-order valence-electron chi connectivity index (χ3n) is 4.33. The fourth-order valence-corrected chi connectivity index (χ4v) is 3.35. The van der Waals surface area contributed by atoms with Gasteiger partial charge in [-0.25, -0.2) is 4.98 Å². The van der Waals surface area contributed by atoms with E-state index in [4.69, 9.17) is 4.74 Å². The molecule has 0 fully saturated rings. The summed E-state index contributed by atoms with van der Waals surface area (Å²) in [6.07, 6.45) is 3.33. The second kappa shape index (κ2) is 9.85. The van der Waals surface area contributed by atoms with Crippen LogP contribution in [0.25, 0.3) is 6.08 Å². The van der Waals surface area contributed by atoms with Gasteiger partial charge in [0.15, 0.2) is 0 Å². The summed E-state index contributed by atoms with van der Waals surface area (Å²) < 4.78 is 5.89. The van der Waals surface area contributed by atoms with E-state index >= 15 is 0 Å². The molecule has 0 saturated carbocycles. The largest absolute Gasteiger partial charge is 0.487 e. The molecule has 3 aromatic rings. The van der Waals surface area contributed by atoms with Gasteiger partial charge in [0.1, 0.15) is 12.4 Å². The van der Waals surface area contributed by atoms with Gasteiger partial charge in [0.25, 0.3) is 0 Å². The average Bonchev–Trinajstić information content (AvgIpc) is 3.15. The average molecular weight is 393 g/mol. The number of nitrogens with one attached hydrogen (secondary N) is 1. The number of thiazole rings is 1. The molecule has 0 radical (unpaired) electrons. The van der Waals surface area contributed by atoms with Crippen molar-refractivity contribution < 1.29 is 9.53 Å². The molecule has 0 bridgehead atoms. The Hall–Kier alpha value is -2.92. The summed E-state index contributed by atoms with van der Waals surface area (Å²) in [4.78, 5) is 16.6. The van der Waals surface area contributed by atoms with Gasteiger partial charge in [-0.1, -0.05) is 55.5 Å². The van der Waals surface area contributed by atoms with Crippen LogP contribution in [0.2, 0.25) is 0 Å². The van der Waals surface area contributed by atoms with Gasteiger partial charge < -0.3 is 10.1 Å². The van der Waals surface area contributed by atoms with Crippen molar-refractivity contribution in [2.75, 3.05) is 6.54 Å². The predicted molar refractivity (Wildman–Crippen MR) is 115 cm³/mol. The van der Waals surface area contributed by atoms with E-state index in [1.165, 1.54) is 5.56 Å². The summed E-state index contributed by atoms with van der Waals surface area (Å²) >= 11 is 1.61. The quantitative estimate of drug-likeness (QED) is 0.551. The first-order valence-electron chi connectivity index (χ1n) is 9.25. The number of para-hydroxylation sites is 1. The summed E-state index contributed by atoms with van der Waals surface area (Å²) in [5.74, 6) is 0.873. The molecule has 0 aliphatic heterocycles. The van der Waals surface area contributed by atoms with Crippen LogP contribution in [0, 0.1) is 6.92 Å². The van der Waals surface area contributed by atoms with E-state index in [2.05, 4.69) is 29.4 Å². The number of hydrogen-bond acceptors (Lipinski definition) is 4. The lowest BCUT2D eigenvalue weighted by Gasteiger charge is -2.12. The van der Waals surface area contributed by atoms with Crippen molar-refractivity contribution in [1.29, 1.82) is 0 Å². The molecule has 2 aromatic carbocycles. The first kappa shape index (κ1) is 19.8. The molecule has 1 atom stereocenters. The summed E-state index contributed by atoms with van der Waals surface area (Å²) in [7, 11) is 0. The van der Waals surface area contributed by atoms with Gasteiger partial charge >= 0.3 is 0 Å². The Labute approximate surface area is 169 Å². The molecule has 1 amide bonds. The van der Waals surface area contributed by atoms with Crippen LogP contribution in [0.5, 0.6) is 5.75 Å². The second-order valence-corrected chi connectivity index (χ2v) is 7.64. The Kier molecular flexibility index (Phi) is 6.98. The SMILES string of the molecule is Cc1nc(COc2ccccc2C=CC(=O)NCC(C)c2ccccc2)cs1. The third kappa shape index (κ3) is 5.79. The summed E-state index contributed by atoms with van der Waals surface area (Å²) in [6.45, 7) is 5.08. The summed E-state index contributed by atoms with van der Waals surface area (Å²) in [5.41, 5.74) is 2.98. The van der Waals surface area contributed by atoms with Gasteiger partial charge in [-0.2, -0.15) is 0 Å². The zero-order valence-corrected chi connectivity index (χ0v) is 16.9. The summed E-state index contributed by atoms with van der Waals surface area (Å²) in [5, 5.41) is 5.97. The van der Waals surface area contributed by atoms with E-state index in [0.717, 1.165) is 22.0 Å². The molecule has 0 spiro atoms. The molecule has 4 nitrogen and oxygen atoms in total. The molecular formula is C23H24N2O2S. The molecule has 1 N–H and O–H groups in total. The maximum atomic E-state index is 12.2. The number of aromatic nitrogens is 1. The molecule has 28 heavy (non-hydrogen) atoms. The minimum absolute atomic E-state index is 0.118. The highest BCUT2D eigenvalue weighted by molar-refractivity contribution is 7.09. The molecule has 0 aliphatic carbocycles. The first-order valence-corrected chi connectivity index (χ1v) is 10.1. The molecule has 144 valence electrons. The smallest absolute Gasteiger partial charge is 0.244 e. The van der Waals surface area contributed by atoms with E-state index < -0.39 is 0 Å². The fourth-order valence-electron chi connectivity index (χ4n) is 2.75. The van der Waals surface area contributed by atoms with Crippen LogP contribution in [-0.4, -0.2) is 17.4 Å². The van der Waals surface area contributed by atoms with Gasteiger partial charge in [-0.3, -0.25) is 4.79 Å². The lowest BCUT2D eigenvalue weighted by molar-refractivity contribution is -0.116. The Morgan fingerprint density at radius 1 is 1.18 bits per heavy atom. The van der Waals surface area contributed by atoms with Crippen molar-refractivity contribution in [3.8, 4) is 5.75 Å². The van der Waals surface area contributed by atoms with Crippen LogP contribution in [0.3, 0.4) is 0 Å². The van der Waals surface area contributed by atoms with Gasteiger partial charge in [-0.05, 0) is 30.5 Å². The van der Waals surface area contributed by atoms with Crippen LogP contribution in [0.15, 0.2) is 66.1 Å². The molecule has 0 saturated heterocycles. The summed E-state index contributed by atoms with van der Waals surface area (Å²) in [6, 6.07) is 17.8. The lowest BCUT2D eigenvalue weighted by Crippen LogP contribution is -2.25. The number of benzene rings is 2. The Morgan fingerprint density at radius 2 is 1.93 bits per heavy atom. The topological polar surface area (TPSA) is 51.2 Å². The van der Waals surface area contributed by atoms with Crippen LogP contribution < -0.4 is 10.1 Å². The maximum Gasteiger partial charge on any atom is 0.244 e. The Bertz CT molecular complexity index is 935. The predicted octanol–water partition coefficient (Wildman–Crippen LogP) is 4.96. The lowest BCUT2D eigenvalue weighted by atomic mass is 10.0. The first-order chi connectivity index (χ1) is 13.6. The number of carbonyl (C=O) groups is 1. The number of hydrogen-bond donors (Lipinski definition) is 1. The number of amides is 1. The van der Waals surface area contributed by atoms with Crippen molar-refractivity contribution in [2.45, 2.75) is 26.4 Å². The van der Waals surface area contributed by atoms with Gasteiger partial charge in [-0.15, -0.1) is 11.3 Å². The standard InChI is InChI=1S/C23H24N2O2S/c1-17(19-8-4-3-5-9-19)14-24-23(26)13-12-20-10-6-7-11-22(20)27-15-21-16-28-18(2)25-21/h3-13,16-17H,14-15H2,1-2H3,(H,24,26). The van der Waals surface area contributed by atoms with E-state index in [1.54, 1.807) is 23.5 Å². The number of rotatable bonds is 8.